The number of aryl methyl sites for hydroxylation is 7. The Hall–Kier alpha value is -3.60. The molecule has 488 valence electrons. The minimum atomic E-state index is 1.12. The number of hydrogen-bond acceptors (Lipinski definition) is 12. The van der Waals surface area contributed by atoms with Crippen molar-refractivity contribution in [1.29, 1.82) is 0 Å². The van der Waals surface area contributed by atoms with Crippen molar-refractivity contribution in [3.05, 3.63) is 153 Å². The summed E-state index contributed by atoms with van der Waals surface area (Å²) in [5.74, 6) is 0. The van der Waals surface area contributed by atoms with Crippen LogP contribution in [0.25, 0.3) is 107 Å². The molecule has 0 aromatic carbocycles. The maximum Gasteiger partial charge on any atom is 0.0481 e. The number of thiophene rings is 12. The lowest BCUT2D eigenvalue weighted by Crippen LogP contribution is -1.85. The average Bonchev–Trinajstić information content (AvgIpc) is 1.66. The second-order valence-electron chi connectivity index (χ2n) is 25.3. The summed E-state index contributed by atoms with van der Waals surface area (Å²) >= 11 is 24.1. The van der Waals surface area contributed by atoms with Crippen LogP contribution in [0.5, 0.6) is 0 Å². The second kappa shape index (κ2) is 34.3. The molecular formula is C81H92S12. The molecule has 12 aromatic heterocycles. The Bertz CT molecular complexity index is 4250. The van der Waals surface area contributed by atoms with Gasteiger partial charge in [0, 0.05) is 112 Å². The summed E-state index contributed by atoms with van der Waals surface area (Å²) in [6.45, 7) is 16.2. The number of hydrogen-bond donors (Lipinski definition) is 0. The van der Waals surface area contributed by atoms with Crippen LogP contribution in [-0.4, -0.2) is 0 Å². The van der Waals surface area contributed by atoms with Gasteiger partial charge in [0.2, 0.25) is 0 Å². The minimum Gasteiger partial charge on any atom is -0.143 e. The third kappa shape index (κ3) is 17.1. The zero-order valence-electron chi connectivity index (χ0n) is 55.8. The van der Waals surface area contributed by atoms with Crippen LogP contribution in [-0.2, 0) is 38.5 Å². The van der Waals surface area contributed by atoms with E-state index in [1.165, 1.54) is 281 Å². The molecule has 0 radical (unpaired) electrons. The fourth-order valence-electron chi connectivity index (χ4n) is 12.7. The smallest absolute Gasteiger partial charge is 0.0481 e. The molecule has 0 nitrogen and oxygen atoms in total. The summed E-state index contributed by atoms with van der Waals surface area (Å²) in [5, 5.41) is 2.30. The van der Waals surface area contributed by atoms with Crippen LogP contribution in [0.1, 0.15) is 208 Å². The van der Waals surface area contributed by atoms with Crippen LogP contribution in [0.3, 0.4) is 0 Å². The SMILES string of the molecule is CCCCCCc1ccsc1-c1ccc(-c2ccc(-c3sc(-c4cc(CCCC)c(-c5ccc(-c6ccc(-c7sc(-c8cc(CCCCCC)c(-c9ccc(-c%10ccc(-c%11sc(C)cc%11CCCCCC)s%10)s9)s8)cc7CCCC)s6)s5)s4)cc3CCCCCC)s2)s1. The van der Waals surface area contributed by atoms with Crippen molar-refractivity contribution in [1.82, 2.24) is 0 Å². The molecule has 0 aliphatic carbocycles. The van der Waals surface area contributed by atoms with E-state index in [9.17, 15) is 0 Å². The summed E-state index contributed by atoms with van der Waals surface area (Å²) < 4.78 is 0. The summed E-state index contributed by atoms with van der Waals surface area (Å²) in [5.41, 5.74) is 9.20. The lowest BCUT2D eigenvalue weighted by molar-refractivity contribution is 0.668. The highest BCUT2D eigenvalue weighted by atomic mass is 32.1. The molecule has 12 rings (SSSR count). The maximum atomic E-state index is 2.59. The summed E-state index contributed by atoms with van der Waals surface area (Å²) in [6.07, 6.45) is 32.4. The lowest BCUT2D eigenvalue weighted by atomic mass is 10.1. The lowest BCUT2D eigenvalue weighted by Gasteiger charge is -2.02. The molecule has 0 spiro atoms. The van der Waals surface area contributed by atoms with Crippen LogP contribution in [0, 0.1) is 6.92 Å². The van der Waals surface area contributed by atoms with Gasteiger partial charge in [-0.05, 0) is 232 Å². The van der Waals surface area contributed by atoms with E-state index in [0.717, 1.165) is 25.7 Å². The van der Waals surface area contributed by atoms with Gasteiger partial charge < -0.3 is 0 Å². The first-order valence-electron chi connectivity index (χ1n) is 35.0. The number of rotatable bonds is 37. The molecule has 0 bridgehead atoms. The van der Waals surface area contributed by atoms with E-state index in [-0.39, 0.29) is 0 Å². The zero-order chi connectivity index (χ0) is 64.0. The summed E-state index contributed by atoms with van der Waals surface area (Å²) in [7, 11) is 0. The van der Waals surface area contributed by atoms with E-state index in [4.69, 9.17) is 0 Å². The third-order valence-corrected chi connectivity index (χ3v) is 33.2. The Labute approximate surface area is 605 Å². The Morgan fingerprint density at radius 2 is 0.452 bits per heavy atom. The molecule has 0 fully saturated rings. The highest BCUT2D eigenvalue weighted by Crippen LogP contribution is 2.53. The zero-order valence-corrected chi connectivity index (χ0v) is 65.6. The van der Waals surface area contributed by atoms with Gasteiger partial charge in [-0.1, -0.05) is 131 Å². The van der Waals surface area contributed by atoms with Gasteiger partial charge in [-0.3, -0.25) is 0 Å². The quantitative estimate of drug-likeness (QED) is 0.0341. The highest BCUT2D eigenvalue weighted by Gasteiger charge is 2.24. The monoisotopic (exact) mass is 1450 g/mol. The molecule has 0 unspecified atom stereocenters. The van der Waals surface area contributed by atoms with E-state index in [1.54, 1.807) is 5.56 Å². The van der Waals surface area contributed by atoms with Crippen LogP contribution in [0.2, 0.25) is 0 Å². The molecule has 0 amide bonds. The molecule has 0 aliphatic rings. The minimum absolute atomic E-state index is 1.12. The van der Waals surface area contributed by atoms with Crippen molar-refractivity contribution in [2.24, 2.45) is 0 Å². The van der Waals surface area contributed by atoms with Gasteiger partial charge in [-0.25, -0.2) is 0 Å². The first-order valence-corrected chi connectivity index (χ1v) is 44.9. The average molecular weight is 1450 g/mol. The maximum absolute atomic E-state index is 2.59. The van der Waals surface area contributed by atoms with E-state index in [0.29, 0.717) is 0 Å². The van der Waals surface area contributed by atoms with Gasteiger partial charge in [0.05, 0.1) is 0 Å². The van der Waals surface area contributed by atoms with Crippen LogP contribution >= 0.6 is 136 Å². The first kappa shape index (κ1) is 69.3. The topological polar surface area (TPSA) is 0 Å². The second-order valence-corrected chi connectivity index (χ2v) is 38.2. The van der Waals surface area contributed by atoms with Gasteiger partial charge in [-0.2, -0.15) is 0 Å². The van der Waals surface area contributed by atoms with Gasteiger partial charge in [-0.15, -0.1) is 136 Å². The van der Waals surface area contributed by atoms with E-state index in [2.05, 4.69) is 163 Å². The van der Waals surface area contributed by atoms with Crippen molar-refractivity contribution in [3.63, 3.8) is 0 Å². The Kier molecular flexibility index (Phi) is 25.5. The fourth-order valence-corrected chi connectivity index (χ4v) is 26.9. The van der Waals surface area contributed by atoms with Gasteiger partial charge in [0.15, 0.2) is 0 Å². The van der Waals surface area contributed by atoms with Crippen LogP contribution in [0.15, 0.2) is 115 Å². The largest absolute Gasteiger partial charge is 0.143 e. The van der Waals surface area contributed by atoms with Gasteiger partial charge in [0.1, 0.15) is 0 Å². The normalized spacial score (nSPS) is 11.9. The molecule has 12 aromatic rings. The molecular weight excluding hydrogens is 1360 g/mol. The predicted molar refractivity (Wildman–Crippen MR) is 434 cm³/mol. The molecule has 0 saturated carbocycles. The standard InChI is InChI=1S/C81H92S12/c1-8-14-20-24-30-54-46-47-82-76(54)66-40-34-60(84-66)61-36-44-70(86-61)80-58(32-26-22-16-10-3)51-74(92-80)72-49-56(28-18-12-5)78(90-72)68-42-37-64(87-68)65-38-43-69(88-65)79-57(29-19-13-6)50-73(91-79)75-52-59(33-27-23-17-11-4)81(93-75)71-45-39-63(89-71)62-35-41-67(85-62)77-55(48-53(7)83-77)31-25-21-15-9-2/h34-52H,8-33H2,1-7H3. The molecule has 0 saturated heterocycles. The van der Waals surface area contributed by atoms with Crippen LogP contribution < -0.4 is 0 Å². The molecule has 0 atom stereocenters. The summed E-state index contributed by atoms with van der Waals surface area (Å²) in [4.78, 5) is 33.0. The highest BCUT2D eigenvalue weighted by molar-refractivity contribution is 7.33. The van der Waals surface area contributed by atoms with Crippen molar-refractivity contribution >= 4 is 136 Å². The van der Waals surface area contributed by atoms with Gasteiger partial charge >= 0.3 is 0 Å². The van der Waals surface area contributed by atoms with Crippen molar-refractivity contribution in [2.45, 2.75) is 215 Å². The van der Waals surface area contributed by atoms with E-state index >= 15 is 0 Å². The summed E-state index contributed by atoms with van der Waals surface area (Å²) in [6, 6.07) is 44.1. The Morgan fingerprint density at radius 1 is 0.204 bits per heavy atom. The fraction of sp³-hybridized carbons (Fsp3) is 0.407. The van der Waals surface area contributed by atoms with Crippen molar-refractivity contribution < 1.29 is 0 Å². The number of unbranched alkanes of at least 4 members (excludes halogenated alkanes) is 14. The van der Waals surface area contributed by atoms with E-state index in [1.807, 2.05) is 136 Å². The molecule has 12 heteroatoms. The Morgan fingerprint density at radius 3 is 0.753 bits per heavy atom. The van der Waals surface area contributed by atoms with Crippen molar-refractivity contribution in [2.75, 3.05) is 0 Å². The molecule has 12 heterocycles. The third-order valence-electron chi connectivity index (χ3n) is 17.9. The Balaban J connectivity index is 0.791. The molecule has 93 heavy (non-hydrogen) atoms. The first-order chi connectivity index (χ1) is 45.7. The molecule has 0 N–H and O–H groups in total. The van der Waals surface area contributed by atoms with Crippen LogP contribution in [0.4, 0.5) is 0 Å². The molecule has 0 aliphatic heterocycles. The predicted octanol–water partition coefficient (Wildman–Crippen LogP) is 32.2. The van der Waals surface area contributed by atoms with Crippen molar-refractivity contribution in [3.8, 4) is 107 Å². The van der Waals surface area contributed by atoms with Gasteiger partial charge in [0.25, 0.3) is 0 Å². The van der Waals surface area contributed by atoms with E-state index < -0.39 is 0 Å².